The van der Waals surface area contributed by atoms with Crippen molar-refractivity contribution in [3.05, 3.63) is 36.4 Å². The first-order valence-corrected chi connectivity index (χ1v) is 4.73. The van der Waals surface area contributed by atoms with Crippen LogP contribution in [0.5, 0.6) is 0 Å². The first-order valence-electron chi connectivity index (χ1n) is 4.73. The Morgan fingerprint density at radius 3 is 2.57 bits per heavy atom. The van der Waals surface area contributed by atoms with E-state index < -0.39 is 0 Å². The first kappa shape index (κ1) is 8.94. The third kappa shape index (κ3) is 1.66. The van der Waals surface area contributed by atoms with Crippen LogP contribution in [0.25, 0.3) is 11.4 Å². The van der Waals surface area contributed by atoms with Crippen LogP contribution in [0.1, 0.15) is 25.5 Å². The van der Waals surface area contributed by atoms with E-state index in [0.717, 1.165) is 17.1 Å². The third-order valence-electron chi connectivity index (χ3n) is 2.14. The maximum atomic E-state index is 4.35. The zero-order chi connectivity index (χ0) is 9.97. The lowest BCUT2D eigenvalue weighted by Crippen LogP contribution is -1.94. The Morgan fingerprint density at radius 1 is 1.21 bits per heavy atom. The molecule has 2 rings (SSSR count). The van der Waals surface area contributed by atoms with Crippen molar-refractivity contribution in [3.63, 3.8) is 0 Å². The molecule has 0 amide bonds. The summed E-state index contributed by atoms with van der Waals surface area (Å²) in [5, 5.41) is 0. The molecule has 0 aromatic carbocycles. The molecule has 2 aromatic rings. The van der Waals surface area contributed by atoms with Crippen LogP contribution in [-0.4, -0.2) is 15.0 Å². The molecule has 0 aliphatic rings. The summed E-state index contributed by atoms with van der Waals surface area (Å²) in [6.07, 6.45) is 5.52. The summed E-state index contributed by atoms with van der Waals surface area (Å²) in [7, 11) is 0. The maximum absolute atomic E-state index is 4.35. The molecule has 0 saturated carbocycles. The lowest BCUT2D eigenvalue weighted by Gasteiger charge is -2.03. The summed E-state index contributed by atoms with van der Waals surface area (Å²) in [5.74, 6) is 0.431. The van der Waals surface area contributed by atoms with Gasteiger partial charge in [0.05, 0.1) is 17.6 Å². The summed E-state index contributed by atoms with van der Waals surface area (Å²) in [6, 6.07) is 3.94. The number of hydrogen-bond donors (Lipinski definition) is 1. The van der Waals surface area contributed by atoms with Crippen molar-refractivity contribution in [1.82, 2.24) is 15.0 Å². The number of aromatic nitrogens is 3. The highest BCUT2D eigenvalue weighted by molar-refractivity contribution is 5.52. The second-order valence-electron chi connectivity index (χ2n) is 3.57. The first-order chi connectivity index (χ1) is 6.77. The van der Waals surface area contributed by atoms with Crippen LogP contribution in [-0.2, 0) is 0 Å². The van der Waals surface area contributed by atoms with Crippen molar-refractivity contribution in [2.75, 3.05) is 0 Å². The van der Waals surface area contributed by atoms with Gasteiger partial charge in [0.15, 0.2) is 0 Å². The van der Waals surface area contributed by atoms with Crippen molar-refractivity contribution in [2.24, 2.45) is 0 Å². The molecule has 14 heavy (non-hydrogen) atoms. The molecule has 0 spiro atoms. The predicted molar refractivity (Wildman–Crippen MR) is 55.9 cm³/mol. The van der Waals surface area contributed by atoms with Gasteiger partial charge in [-0.15, -0.1) is 0 Å². The third-order valence-corrected chi connectivity index (χ3v) is 2.14. The lowest BCUT2D eigenvalue weighted by atomic mass is 10.1. The highest BCUT2D eigenvalue weighted by Gasteiger charge is 2.03. The van der Waals surface area contributed by atoms with Gasteiger partial charge in [-0.2, -0.15) is 0 Å². The molecule has 2 aromatic heterocycles. The Balaban J connectivity index is 2.31. The highest BCUT2D eigenvalue weighted by Crippen LogP contribution is 2.15. The van der Waals surface area contributed by atoms with E-state index in [1.54, 1.807) is 6.20 Å². The van der Waals surface area contributed by atoms with Crippen molar-refractivity contribution in [3.8, 4) is 11.4 Å². The predicted octanol–water partition coefficient (Wildman–Crippen LogP) is 2.60. The normalized spacial score (nSPS) is 10.8. The van der Waals surface area contributed by atoms with E-state index in [9.17, 15) is 0 Å². The van der Waals surface area contributed by atoms with Gasteiger partial charge in [0.25, 0.3) is 0 Å². The molecule has 0 fully saturated rings. The fourth-order valence-corrected chi connectivity index (χ4v) is 1.26. The average Bonchev–Trinajstić information content (AvgIpc) is 2.71. The molecule has 0 bridgehead atoms. The van der Waals surface area contributed by atoms with Crippen molar-refractivity contribution in [2.45, 2.75) is 19.8 Å². The van der Waals surface area contributed by atoms with Gasteiger partial charge < -0.3 is 4.98 Å². The minimum absolute atomic E-state index is 0.431. The molecule has 0 aliphatic heterocycles. The number of nitrogens with one attached hydrogen (secondary N) is 1. The van der Waals surface area contributed by atoms with E-state index in [4.69, 9.17) is 0 Å². The molecular formula is C11H13N3. The van der Waals surface area contributed by atoms with Gasteiger partial charge >= 0.3 is 0 Å². The molecule has 2 heterocycles. The Hall–Kier alpha value is -1.64. The maximum Gasteiger partial charge on any atom is 0.105 e. The standard InChI is InChI=1S/C11H13N3/c1-8(2)10-6-14-11(7-13-10)9-4-3-5-12-9/h3-8,12H,1-2H3. The highest BCUT2D eigenvalue weighted by atomic mass is 14.8. The van der Waals surface area contributed by atoms with Gasteiger partial charge in [-0.1, -0.05) is 13.8 Å². The van der Waals surface area contributed by atoms with Crippen LogP contribution < -0.4 is 0 Å². The number of nitrogens with zero attached hydrogens (tertiary/aromatic N) is 2. The van der Waals surface area contributed by atoms with Crippen LogP contribution in [0, 0.1) is 0 Å². The van der Waals surface area contributed by atoms with Gasteiger partial charge in [0.2, 0.25) is 0 Å². The number of H-pyrrole nitrogens is 1. The zero-order valence-corrected chi connectivity index (χ0v) is 8.36. The van der Waals surface area contributed by atoms with E-state index in [1.165, 1.54) is 0 Å². The molecule has 0 atom stereocenters. The van der Waals surface area contributed by atoms with Crippen LogP contribution in [0.4, 0.5) is 0 Å². The average molecular weight is 187 g/mol. The van der Waals surface area contributed by atoms with Gasteiger partial charge in [-0.3, -0.25) is 9.97 Å². The molecule has 0 radical (unpaired) electrons. The van der Waals surface area contributed by atoms with Crippen molar-refractivity contribution < 1.29 is 0 Å². The van der Waals surface area contributed by atoms with E-state index in [2.05, 4.69) is 28.8 Å². The van der Waals surface area contributed by atoms with Crippen LogP contribution >= 0.6 is 0 Å². The Bertz CT molecular complexity index is 387. The Kier molecular flexibility index (Phi) is 2.31. The van der Waals surface area contributed by atoms with E-state index in [0.29, 0.717) is 5.92 Å². The molecule has 0 saturated heterocycles. The van der Waals surface area contributed by atoms with Gasteiger partial charge in [0.1, 0.15) is 5.69 Å². The number of aromatic amines is 1. The molecular weight excluding hydrogens is 174 g/mol. The topological polar surface area (TPSA) is 41.6 Å². The molecule has 1 N–H and O–H groups in total. The Morgan fingerprint density at radius 2 is 2.07 bits per heavy atom. The van der Waals surface area contributed by atoms with Gasteiger partial charge in [0, 0.05) is 12.4 Å². The number of hydrogen-bond acceptors (Lipinski definition) is 2. The second-order valence-corrected chi connectivity index (χ2v) is 3.57. The smallest absolute Gasteiger partial charge is 0.105 e. The Labute approximate surface area is 83.2 Å². The van der Waals surface area contributed by atoms with Crippen molar-refractivity contribution in [1.29, 1.82) is 0 Å². The fourth-order valence-electron chi connectivity index (χ4n) is 1.26. The molecule has 0 aliphatic carbocycles. The summed E-state index contributed by atoms with van der Waals surface area (Å²) < 4.78 is 0. The second kappa shape index (κ2) is 3.62. The SMILES string of the molecule is CC(C)c1cnc(-c2ccc[nH]2)cn1. The van der Waals surface area contributed by atoms with Crippen LogP contribution in [0.15, 0.2) is 30.7 Å². The van der Waals surface area contributed by atoms with E-state index in [1.807, 2.05) is 24.5 Å². The van der Waals surface area contributed by atoms with Crippen LogP contribution in [0.2, 0.25) is 0 Å². The molecule has 3 heteroatoms. The summed E-state index contributed by atoms with van der Waals surface area (Å²) in [5.41, 5.74) is 2.92. The minimum atomic E-state index is 0.431. The quantitative estimate of drug-likeness (QED) is 0.785. The van der Waals surface area contributed by atoms with E-state index >= 15 is 0 Å². The fraction of sp³-hybridized carbons (Fsp3) is 0.273. The molecule has 3 nitrogen and oxygen atoms in total. The summed E-state index contributed by atoms with van der Waals surface area (Å²) >= 11 is 0. The monoisotopic (exact) mass is 187 g/mol. The summed E-state index contributed by atoms with van der Waals surface area (Å²) in [4.78, 5) is 11.8. The minimum Gasteiger partial charge on any atom is -0.360 e. The largest absolute Gasteiger partial charge is 0.360 e. The van der Waals surface area contributed by atoms with Gasteiger partial charge in [-0.25, -0.2) is 0 Å². The van der Waals surface area contributed by atoms with Gasteiger partial charge in [-0.05, 0) is 18.1 Å². The lowest BCUT2D eigenvalue weighted by molar-refractivity contribution is 0.812. The van der Waals surface area contributed by atoms with E-state index in [-0.39, 0.29) is 0 Å². The zero-order valence-electron chi connectivity index (χ0n) is 8.36. The molecule has 72 valence electrons. The molecule has 0 unspecified atom stereocenters. The summed E-state index contributed by atoms with van der Waals surface area (Å²) in [6.45, 7) is 4.22. The van der Waals surface area contributed by atoms with Crippen LogP contribution in [0.3, 0.4) is 0 Å². The van der Waals surface area contributed by atoms with Crippen molar-refractivity contribution >= 4 is 0 Å². The number of rotatable bonds is 2.